The van der Waals surface area contributed by atoms with Gasteiger partial charge in [-0.2, -0.15) is 0 Å². The standard InChI is InChI=1S/C14H19BrO2S/c15-11-6-9-18-12(11)10-14(13(16)17)7-4-2-1-3-5-8-14/h6,9H,1-5,7-8,10H2,(H,16,17). The Bertz CT molecular complexity index is 406. The number of thiophene rings is 1. The highest BCUT2D eigenvalue weighted by Crippen LogP contribution is 2.40. The monoisotopic (exact) mass is 330 g/mol. The second-order valence-electron chi connectivity index (χ2n) is 5.22. The molecule has 0 amide bonds. The molecule has 0 radical (unpaired) electrons. The van der Waals surface area contributed by atoms with E-state index in [-0.39, 0.29) is 0 Å². The Morgan fingerprint density at radius 2 is 1.89 bits per heavy atom. The summed E-state index contributed by atoms with van der Waals surface area (Å²) in [4.78, 5) is 12.9. The Morgan fingerprint density at radius 3 is 2.39 bits per heavy atom. The van der Waals surface area contributed by atoms with Gasteiger partial charge in [-0.1, -0.05) is 32.1 Å². The average molecular weight is 331 g/mol. The molecule has 2 nitrogen and oxygen atoms in total. The van der Waals surface area contributed by atoms with Crippen LogP contribution in [-0.4, -0.2) is 11.1 Å². The molecule has 18 heavy (non-hydrogen) atoms. The van der Waals surface area contributed by atoms with E-state index in [0.717, 1.165) is 30.2 Å². The highest BCUT2D eigenvalue weighted by Gasteiger charge is 2.38. The van der Waals surface area contributed by atoms with Crippen molar-refractivity contribution in [3.63, 3.8) is 0 Å². The molecule has 0 aromatic carbocycles. The highest BCUT2D eigenvalue weighted by atomic mass is 79.9. The van der Waals surface area contributed by atoms with Crippen molar-refractivity contribution in [2.75, 3.05) is 0 Å². The largest absolute Gasteiger partial charge is 0.481 e. The Morgan fingerprint density at radius 1 is 1.28 bits per heavy atom. The van der Waals surface area contributed by atoms with Crippen LogP contribution in [0.15, 0.2) is 15.9 Å². The lowest BCUT2D eigenvalue weighted by Gasteiger charge is -2.31. The quantitative estimate of drug-likeness (QED) is 0.858. The van der Waals surface area contributed by atoms with Crippen molar-refractivity contribution in [2.45, 2.75) is 51.4 Å². The van der Waals surface area contributed by atoms with Gasteiger partial charge in [0, 0.05) is 9.35 Å². The molecular weight excluding hydrogens is 312 g/mol. The molecule has 0 bridgehead atoms. The molecule has 1 aromatic rings. The third kappa shape index (κ3) is 3.15. The molecule has 1 saturated carbocycles. The van der Waals surface area contributed by atoms with Crippen LogP contribution in [0, 0.1) is 5.41 Å². The summed E-state index contributed by atoms with van der Waals surface area (Å²) in [6, 6.07) is 2.01. The summed E-state index contributed by atoms with van der Waals surface area (Å²) in [6.45, 7) is 0. The molecule has 0 atom stereocenters. The first-order valence-electron chi connectivity index (χ1n) is 6.59. The fraction of sp³-hybridized carbons (Fsp3) is 0.643. The SMILES string of the molecule is O=C(O)C1(Cc2sccc2Br)CCCCCCC1. The number of carbonyl (C=O) groups is 1. The second kappa shape index (κ2) is 6.20. The number of carboxylic acids is 1. The maximum Gasteiger partial charge on any atom is 0.309 e. The van der Waals surface area contributed by atoms with Crippen molar-refractivity contribution in [3.05, 3.63) is 20.8 Å². The number of hydrogen-bond acceptors (Lipinski definition) is 2. The van der Waals surface area contributed by atoms with Crippen molar-refractivity contribution in [2.24, 2.45) is 5.41 Å². The van der Waals surface area contributed by atoms with Crippen molar-refractivity contribution in [1.82, 2.24) is 0 Å². The zero-order chi connectivity index (χ0) is 13.0. The van der Waals surface area contributed by atoms with Gasteiger partial charge in [-0.25, -0.2) is 0 Å². The first-order valence-corrected chi connectivity index (χ1v) is 8.27. The Balaban J connectivity index is 2.19. The minimum Gasteiger partial charge on any atom is -0.481 e. The molecule has 0 unspecified atom stereocenters. The third-order valence-corrected chi connectivity index (χ3v) is 5.88. The molecule has 0 saturated heterocycles. The van der Waals surface area contributed by atoms with Gasteiger partial charge in [-0.3, -0.25) is 4.79 Å². The van der Waals surface area contributed by atoms with Gasteiger partial charge >= 0.3 is 5.97 Å². The second-order valence-corrected chi connectivity index (χ2v) is 7.08. The van der Waals surface area contributed by atoms with Gasteiger partial charge in [0.15, 0.2) is 0 Å². The van der Waals surface area contributed by atoms with Crippen LogP contribution in [0.1, 0.15) is 49.8 Å². The lowest BCUT2D eigenvalue weighted by atomic mass is 9.73. The summed E-state index contributed by atoms with van der Waals surface area (Å²) in [7, 11) is 0. The van der Waals surface area contributed by atoms with Crippen LogP contribution < -0.4 is 0 Å². The van der Waals surface area contributed by atoms with Crippen molar-refractivity contribution >= 4 is 33.2 Å². The van der Waals surface area contributed by atoms with E-state index in [1.165, 1.54) is 24.1 Å². The van der Waals surface area contributed by atoms with Gasteiger partial charge < -0.3 is 5.11 Å². The minimum absolute atomic E-state index is 0.534. The van der Waals surface area contributed by atoms with E-state index < -0.39 is 11.4 Å². The average Bonchev–Trinajstić information content (AvgIpc) is 2.68. The maximum atomic E-state index is 11.8. The molecule has 1 aromatic heterocycles. The van der Waals surface area contributed by atoms with Crippen LogP contribution in [-0.2, 0) is 11.2 Å². The van der Waals surface area contributed by atoms with Crippen LogP contribution in [0.3, 0.4) is 0 Å². The van der Waals surface area contributed by atoms with Gasteiger partial charge in [0.2, 0.25) is 0 Å². The van der Waals surface area contributed by atoms with Crippen molar-refractivity contribution in [3.8, 4) is 0 Å². The Hall–Kier alpha value is -0.350. The van der Waals surface area contributed by atoms with Crippen LogP contribution in [0.25, 0.3) is 0 Å². The number of aliphatic carboxylic acids is 1. The molecule has 1 heterocycles. The summed E-state index contributed by atoms with van der Waals surface area (Å²) < 4.78 is 1.06. The molecule has 4 heteroatoms. The normalized spacial score (nSPS) is 20.1. The molecule has 0 aliphatic heterocycles. The molecule has 1 aliphatic rings. The molecule has 0 spiro atoms. The van der Waals surface area contributed by atoms with E-state index in [4.69, 9.17) is 0 Å². The lowest BCUT2D eigenvalue weighted by Crippen LogP contribution is -2.34. The van der Waals surface area contributed by atoms with E-state index >= 15 is 0 Å². The Kier molecular flexibility index (Phi) is 4.84. The minimum atomic E-state index is -0.607. The predicted molar refractivity (Wildman–Crippen MR) is 78.1 cm³/mol. The summed E-state index contributed by atoms with van der Waals surface area (Å²) in [6.07, 6.45) is 8.06. The van der Waals surface area contributed by atoms with Crippen molar-refractivity contribution < 1.29 is 9.90 Å². The van der Waals surface area contributed by atoms with Crippen LogP contribution in [0.5, 0.6) is 0 Å². The summed E-state index contributed by atoms with van der Waals surface area (Å²) >= 11 is 5.18. The van der Waals surface area contributed by atoms with Crippen LogP contribution in [0.2, 0.25) is 0 Å². The topological polar surface area (TPSA) is 37.3 Å². The number of carboxylic acid groups (broad SMARTS) is 1. The van der Waals surface area contributed by atoms with Crippen LogP contribution in [0.4, 0.5) is 0 Å². The molecule has 1 N–H and O–H groups in total. The van der Waals surface area contributed by atoms with Gasteiger partial charge in [-0.05, 0) is 46.6 Å². The fourth-order valence-corrected chi connectivity index (χ4v) is 4.44. The van der Waals surface area contributed by atoms with Gasteiger partial charge in [0.25, 0.3) is 0 Å². The Labute approximate surface area is 121 Å². The zero-order valence-electron chi connectivity index (χ0n) is 10.5. The molecule has 1 aliphatic carbocycles. The third-order valence-electron chi connectivity index (χ3n) is 3.95. The van der Waals surface area contributed by atoms with E-state index in [0.29, 0.717) is 6.42 Å². The van der Waals surface area contributed by atoms with E-state index in [1.54, 1.807) is 11.3 Å². The first kappa shape index (κ1) is 14.1. The summed E-state index contributed by atoms with van der Waals surface area (Å²) in [5, 5.41) is 11.7. The molecule has 1 fully saturated rings. The summed E-state index contributed by atoms with van der Waals surface area (Å²) in [5.74, 6) is -0.607. The fourth-order valence-electron chi connectivity index (χ4n) is 2.81. The molecule has 2 rings (SSSR count). The van der Waals surface area contributed by atoms with E-state index in [1.807, 2.05) is 11.4 Å². The number of halogens is 1. The van der Waals surface area contributed by atoms with Crippen molar-refractivity contribution in [1.29, 1.82) is 0 Å². The maximum absolute atomic E-state index is 11.8. The van der Waals surface area contributed by atoms with E-state index in [2.05, 4.69) is 15.9 Å². The van der Waals surface area contributed by atoms with Gasteiger partial charge in [0.05, 0.1) is 5.41 Å². The van der Waals surface area contributed by atoms with Gasteiger partial charge in [0.1, 0.15) is 0 Å². The van der Waals surface area contributed by atoms with Crippen LogP contribution >= 0.6 is 27.3 Å². The lowest BCUT2D eigenvalue weighted by molar-refractivity contribution is -0.150. The van der Waals surface area contributed by atoms with E-state index in [9.17, 15) is 9.90 Å². The zero-order valence-corrected chi connectivity index (χ0v) is 12.9. The number of rotatable bonds is 3. The van der Waals surface area contributed by atoms with Gasteiger partial charge in [-0.15, -0.1) is 11.3 Å². The molecule has 100 valence electrons. The summed E-state index contributed by atoms with van der Waals surface area (Å²) in [5.41, 5.74) is -0.534. The predicted octanol–water partition coefficient (Wildman–Crippen LogP) is 4.87. The number of hydrogen-bond donors (Lipinski definition) is 1. The highest BCUT2D eigenvalue weighted by molar-refractivity contribution is 9.10. The first-order chi connectivity index (χ1) is 8.64. The molecular formula is C14H19BrO2S. The smallest absolute Gasteiger partial charge is 0.309 e.